The minimum Gasteiger partial charge on any atom is -0.340 e. The van der Waals surface area contributed by atoms with Crippen LogP contribution in [-0.2, 0) is 6.54 Å². The zero-order valence-corrected chi connectivity index (χ0v) is 12.2. The maximum absolute atomic E-state index is 11.2. The first-order chi connectivity index (χ1) is 10.1. The third-order valence-corrected chi connectivity index (χ3v) is 3.98. The molecule has 0 saturated carbocycles. The fraction of sp³-hybridized carbons (Fsp3) is 0.125. The van der Waals surface area contributed by atoms with Gasteiger partial charge in [0.2, 0.25) is 0 Å². The fourth-order valence-electron chi connectivity index (χ4n) is 2.59. The van der Waals surface area contributed by atoms with Gasteiger partial charge in [-0.15, -0.1) is 0 Å². The summed E-state index contributed by atoms with van der Waals surface area (Å²) in [5.41, 5.74) is 2.68. The van der Waals surface area contributed by atoms with Crippen molar-refractivity contribution in [2.45, 2.75) is 13.5 Å². The highest BCUT2D eigenvalue weighted by atomic mass is 35.5. The Balaban J connectivity index is 2.15. The molecule has 3 rings (SSSR count). The summed E-state index contributed by atoms with van der Waals surface area (Å²) in [6.45, 7) is 2.37. The van der Waals surface area contributed by atoms with E-state index in [0.717, 1.165) is 16.6 Å². The van der Waals surface area contributed by atoms with Gasteiger partial charge >= 0.3 is 0 Å². The third kappa shape index (κ3) is 2.38. The molecule has 0 unspecified atom stereocenters. The van der Waals surface area contributed by atoms with E-state index >= 15 is 0 Å². The summed E-state index contributed by atoms with van der Waals surface area (Å²) in [6.07, 6.45) is 0. The Labute approximate surface area is 126 Å². The van der Waals surface area contributed by atoms with E-state index in [1.807, 2.05) is 35.8 Å². The van der Waals surface area contributed by atoms with E-state index in [4.69, 9.17) is 11.6 Å². The lowest BCUT2D eigenvalue weighted by Gasteiger charge is -2.10. The van der Waals surface area contributed by atoms with Gasteiger partial charge in [-0.1, -0.05) is 35.9 Å². The minimum atomic E-state index is -0.387. The molecule has 0 amide bonds. The fourth-order valence-corrected chi connectivity index (χ4v) is 2.82. The Morgan fingerprint density at radius 2 is 1.95 bits per heavy atom. The molecule has 4 nitrogen and oxygen atoms in total. The average Bonchev–Trinajstić information content (AvgIpc) is 2.77. The number of hydrogen-bond donors (Lipinski definition) is 0. The minimum absolute atomic E-state index is 0.0553. The highest BCUT2D eigenvalue weighted by molar-refractivity contribution is 6.31. The number of benzene rings is 2. The van der Waals surface area contributed by atoms with Crippen molar-refractivity contribution in [2.75, 3.05) is 0 Å². The first-order valence-electron chi connectivity index (χ1n) is 6.54. The molecule has 1 aromatic heterocycles. The number of nitro groups is 1. The summed E-state index contributed by atoms with van der Waals surface area (Å²) in [5, 5.41) is 12.7. The van der Waals surface area contributed by atoms with Crippen LogP contribution in [0.5, 0.6) is 0 Å². The van der Waals surface area contributed by atoms with E-state index in [-0.39, 0.29) is 10.6 Å². The van der Waals surface area contributed by atoms with Gasteiger partial charge in [0, 0.05) is 17.3 Å². The SMILES string of the molecule is Cc1cc2ccccc2n1Cc1c(Cl)cccc1[N+](=O)[O-]. The Kier molecular flexibility index (Phi) is 3.39. The zero-order chi connectivity index (χ0) is 15.0. The number of halogens is 1. The van der Waals surface area contributed by atoms with Crippen molar-refractivity contribution >= 4 is 28.2 Å². The Hall–Kier alpha value is -2.33. The second kappa shape index (κ2) is 5.22. The van der Waals surface area contributed by atoms with Crippen LogP contribution in [0.25, 0.3) is 10.9 Å². The number of fused-ring (bicyclic) bond motifs is 1. The second-order valence-electron chi connectivity index (χ2n) is 4.93. The third-order valence-electron chi connectivity index (χ3n) is 3.62. The van der Waals surface area contributed by atoms with Crippen LogP contribution in [-0.4, -0.2) is 9.49 Å². The number of para-hydroxylation sites is 1. The molecule has 0 aliphatic carbocycles. The van der Waals surface area contributed by atoms with E-state index in [0.29, 0.717) is 17.1 Å². The van der Waals surface area contributed by atoms with E-state index in [1.54, 1.807) is 12.1 Å². The van der Waals surface area contributed by atoms with Crippen LogP contribution in [0, 0.1) is 17.0 Å². The predicted octanol–water partition coefficient (Wildman–Crippen LogP) is 4.56. The lowest BCUT2D eigenvalue weighted by Crippen LogP contribution is -2.05. The van der Waals surface area contributed by atoms with Crippen molar-refractivity contribution in [3.63, 3.8) is 0 Å². The molecule has 0 spiro atoms. The van der Waals surface area contributed by atoms with E-state index in [9.17, 15) is 10.1 Å². The first-order valence-corrected chi connectivity index (χ1v) is 6.92. The van der Waals surface area contributed by atoms with E-state index < -0.39 is 0 Å². The summed E-state index contributed by atoms with van der Waals surface area (Å²) in [4.78, 5) is 10.8. The van der Waals surface area contributed by atoms with Gasteiger partial charge in [0.1, 0.15) is 0 Å². The summed E-state index contributed by atoms with van der Waals surface area (Å²) in [5.74, 6) is 0. The number of aromatic nitrogens is 1. The van der Waals surface area contributed by atoms with Gasteiger partial charge in [0.25, 0.3) is 5.69 Å². The van der Waals surface area contributed by atoms with Gasteiger partial charge in [-0.25, -0.2) is 0 Å². The first kappa shape index (κ1) is 13.6. The Morgan fingerprint density at radius 1 is 1.19 bits per heavy atom. The molecule has 0 aliphatic rings. The number of nitro benzene ring substituents is 1. The number of nitrogens with zero attached hydrogens (tertiary/aromatic N) is 2. The van der Waals surface area contributed by atoms with Gasteiger partial charge < -0.3 is 4.57 Å². The van der Waals surface area contributed by atoms with Crippen molar-refractivity contribution in [2.24, 2.45) is 0 Å². The van der Waals surface area contributed by atoms with Crippen LogP contribution in [0.3, 0.4) is 0 Å². The molecular formula is C16H13ClN2O2. The molecule has 106 valence electrons. The van der Waals surface area contributed by atoms with Crippen LogP contribution in [0.1, 0.15) is 11.3 Å². The van der Waals surface area contributed by atoms with Crippen molar-refractivity contribution in [1.29, 1.82) is 0 Å². The summed E-state index contributed by atoms with van der Waals surface area (Å²) >= 11 is 6.18. The highest BCUT2D eigenvalue weighted by Gasteiger charge is 2.18. The zero-order valence-electron chi connectivity index (χ0n) is 11.4. The maximum atomic E-state index is 11.2. The van der Waals surface area contributed by atoms with Gasteiger partial charge in [-0.05, 0) is 30.5 Å². The number of rotatable bonds is 3. The molecule has 21 heavy (non-hydrogen) atoms. The van der Waals surface area contributed by atoms with Gasteiger partial charge in [-0.2, -0.15) is 0 Å². The largest absolute Gasteiger partial charge is 0.340 e. The van der Waals surface area contributed by atoms with Crippen LogP contribution >= 0.6 is 11.6 Å². The van der Waals surface area contributed by atoms with E-state index in [2.05, 4.69) is 6.07 Å². The summed E-state index contributed by atoms with van der Waals surface area (Å²) < 4.78 is 2.05. The number of aryl methyl sites for hydroxylation is 1. The molecule has 1 heterocycles. The molecule has 3 aromatic rings. The van der Waals surface area contributed by atoms with Crippen LogP contribution in [0.4, 0.5) is 5.69 Å². The molecule has 0 atom stereocenters. The average molecular weight is 301 g/mol. The standard InChI is InChI=1S/C16H13ClN2O2/c1-11-9-12-5-2-3-7-15(12)18(11)10-13-14(17)6-4-8-16(13)19(20)21/h2-9H,10H2,1H3. The molecule has 5 heteroatoms. The van der Waals surface area contributed by atoms with Crippen LogP contribution in [0.2, 0.25) is 5.02 Å². The predicted molar refractivity (Wildman–Crippen MR) is 83.9 cm³/mol. The highest BCUT2D eigenvalue weighted by Crippen LogP contribution is 2.29. The molecule has 0 N–H and O–H groups in total. The molecule has 0 radical (unpaired) electrons. The number of hydrogen-bond acceptors (Lipinski definition) is 2. The maximum Gasteiger partial charge on any atom is 0.275 e. The van der Waals surface area contributed by atoms with Gasteiger partial charge in [0.15, 0.2) is 0 Å². The Bertz CT molecular complexity index is 839. The topological polar surface area (TPSA) is 48.1 Å². The summed E-state index contributed by atoms with van der Waals surface area (Å²) in [7, 11) is 0. The second-order valence-corrected chi connectivity index (χ2v) is 5.33. The molecule has 0 fully saturated rings. The molecule has 0 saturated heterocycles. The van der Waals surface area contributed by atoms with Gasteiger partial charge in [-0.3, -0.25) is 10.1 Å². The van der Waals surface area contributed by atoms with Crippen LogP contribution in [0.15, 0.2) is 48.5 Å². The monoisotopic (exact) mass is 300 g/mol. The van der Waals surface area contributed by atoms with Crippen molar-refractivity contribution in [1.82, 2.24) is 4.57 Å². The van der Waals surface area contributed by atoms with Crippen molar-refractivity contribution in [3.05, 3.63) is 74.9 Å². The quantitative estimate of drug-likeness (QED) is 0.526. The van der Waals surface area contributed by atoms with Crippen molar-refractivity contribution < 1.29 is 4.92 Å². The lowest BCUT2D eigenvalue weighted by molar-refractivity contribution is -0.385. The van der Waals surface area contributed by atoms with E-state index in [1.165, 1.54) is 6.07 Å². The van der Waals surface area contributed by atoms with Gasteiger partial charge in [0.05, 0.1) is 22.1 Å². The normalized spacial score (nSPS) is 11.0. The lowest BCUT2D eigenvalue weighted by atomic mass is 10.1. The molecule has 0 aliphatic heterocycles. The summed E-state index contributed by atoms with van der Waals surface area (Å²) in [6, 6.07) is 14.8. The molecular weight excluding hydrogens is 288 g/mol. The smallest absolute Gasteiger partial charge is 0.275 e. The Morgan fingerprint density at radius 3 is 2.71 bits per heavy atom. The van der Waals surface area contributed by atoms with Crippen LogP contribution < -0.4 is 0 Å². The molecule has 0 bridgehead atoms. The van der Waals surface area contributed by atoms with Crippen molar-refractivity contribution in [3.8, 4) is 0 Å². The molecule has 2 aromatic carbocycles.